The number of hydrogen-bond acceptors (Lipinski definition) is 5. The minimum atomic E-state index is -0.591. The quantitative estimate of drug-likeness (QED) is 0.719. The van der Waals surface area contributed by atoms with Crippen molar-refractivity contribution in [3.8, 4) is 0 Å². The number of β-amino-alcohol motifs (C(OH)–C–C–N with tert-alkyl or cyclic N) is 1. The topological polar surface area (TPSA) is 89.8 Å². The lowest BCUT2D eigenvalue weighted by Gasteiger charge is -2.20. The van der Waals surface area contributed by atoms with Gasteiger partial charge in [-0.2, -0.15) is 5.10 Å². The highest BCUT2D eigenvalue weighted by Gasteiger charge is 2.26. The number of nitrogens with zero attached hydrogens (tertiary/aromatic N) is 5. The van der Waals surface area contributed by atoms with Crippen LogP contribution in [-0.4, -0.2) is 72.7 Å². The Hall–Kier alpha value is -2.71. The fourth-order valence-electron chi connectivity index (χ4n) is 3.22. The van der Waals surface area contributed by atoms with Gasteiger partial charge in [-0.05, 0) is 18.2 Å². The van der Waals surface area contributed by atoms with Crippen LogP contribution in [0.3, 0.4) is 0 Å². The number of aromatic amines is 1. The molecule has 8 nitrogen and oxygen atoms in total. The van der Waals surface area contributed by atoms with Crippen LogP contribution in [0.2, 0.25) is 0 Å². The van der Waals surface area contributed by atoms with Crippen LogP contribution in [0.5, 0.6) is 0 Å². The Labute approximate surface area is 144 Å². The van der Waals surface area contributed by atoms with E-state index < -0.39 is 6.10 Å². The summed E-state index contributed by atoms with van der Waals surface area (Å²) in [6.07, 6.45) is 4.93. The van der Waals surface area contributed by atoms with Gasteiger partial charge in [0.25, 0.3) is 5.91 Å². The van der Waals surface area contributed by atoms with Crippen molar-refractivity contribution in [2.45, 2.75) is 12.6 Å². The number of hydrogen-bond donors (Lipinski definition) is 2. The highest BCUT2D eigenvalue weighted by molar-refractivity contribution is 5.92. The Morgan fingerprint density at radius 1 is 1.28 bits per heavy atom. The molecule has 0 aromatic carbocycles. The second kappa shape index (κ2) is 6.66. The van der Waals surface area contributed by atoms with E-state index >= 15 is 0 Å². The first-order chi connectivity index (χ1) is 12.2. The second-order valence-electron chi connectivity index (χ2n) is 6.31. The van der Waals surface area contributed by atoms with Gasteiger partial charge in [-0.15, -0.1) is 0 Å². The molecule has 2 N–H and O–H groups in total. The summed E-state index contributed by atoms with van der Waals surface area (Å²) >= 11 is 0. The molecule has 1 fully saturated rings. The van der Waals surface area contributed by atoms with E-state index in [1.807, 2.05) is 35.0 Å². The van der Waals surface area contributed by atoms with Gasteiger partial charge in [0.2, 0.25) is 0 Å². The summed E-state index contributed by atoms with van der Waals surface area (Å²) in [5.41, 5.74) is 2.30. The molecule has 0 saturated carbocycles. The molecule has 1 aliphatic rings. The summed E-state index contributed by atoms with van der Waals surface area (Å²) in [5.74, 6) is -0.133. The monoisotopic (exact) mass is 340 g/mol. The number of nitrogens with one attached hydrogen (secondary N) is 1. The summed E-state index contributed by atoms with van der Waals surface area (Å²) < 4.78 is 1.98. The number of rotatable bonds is 3. The molecule has 130 valence electrons. The lowest BCUT2D eigenvalue weighted by Crippen LogP contribution is -2.37. The minimum absolute atomic E-state index is 0.133. The molecule has 1 amide bonds. The lowest BCUT2D eigenvalue weighted by molar-refractivity contribution is 0.0657. The molecule has 0 unspecified atom stereocenters. The zero-order chi connectivity index (χ0) is 17.2. The Balaban J connectivity index is 1.44. The number of carbonyl (C=O) groups is 1. The molecule has 1 saturated heterocycles. The van der Waals surface area contributed by atoms with Crippen molar-refractivity contribution in [2.75, 3.05) is 26.2 Å². The normalized spacial score (nSPS) is 19.2. The number of amides is 1. The predicted molar refractivity (Wildman–Crippen MR) is 91.0 cm³/mol. The predicted octanol–water partition coefficient (Wildman–Crippen LogP) is 0.376. The van der Waals surface area contributed by atoms with Gasteiger partial charge in [0.05, 0.1) is 11.8 Å². The fraction of sp³-hybridized carbons (Fsp3) is 0.353. The van der Waals surface area contributed by atoms with E-state index in [1.54, 1.807) is 17.2 Å². The van der Waals surface area contributed by atoms with Crippen molar-refractivity contribution < 1.29 is 9.90 Å². The van der Waals surface area contributed by atoms with Gasteiger partial charge >= 0.3 is 0 Å². The van der Waals surface area contributed by atoms with Crippen LogP contribution in [0.4, 0.5) is 0 Å². The van der Waals surface area contributed by atoms with Crippen LogP contribution in [0.15, 0.2) is 42.9 Å². The Kier molecular flexibility index (Phi) is 4.21. The van der Waals surface area contributed by atoms with E-state index in [0.29, 0.717) is 38.4 Å². The first-order valence-corrected chi connectivity index (χ1v) is 8.31. The molecule has 1 atom stereocenters. The number of pyridine rings is 1. The maximum Gasteiger partial charge on any atom is 0.271 e. The van der Waals surface area contributed by atoms with Crippen LogP contribution < -0.4 is 0 Å². The lowest BCUT2D eigenvalue weighted by atomic mass is 10.3. The average molecular weight is 340 g/mol. The molecule has 1 aliphatic heterocycles. The molecule has 8 heteroatoms. The van der Waals surface area contributed by atoms with Gasteiger partial charge in [0, 0.05) is 51.3 Å². The first-order valence-electron chi connectivity index (χ1n) is 8.31. The standard InChI is InChI=1S/C17H20N6O2/c24-14-11-21(9-13-10-22-6-2-1-3-16(22)19-13)7-8-23(12-14)17(25)15-4-5-18-20-15/h1-6,10,14,24H,7-9,11-12H2,(H,18,20)/t14-/m0/s1. The molecule has 0 radical (unpaired) electrons. The van der Waals surface area contributed by atoms with E-state index in [0.717, 1.165) is 11.3 Å². The van der Waals surface area contributed by atoms with Crippen LogP contribution in [0.25, 0.3) is 5.65 Å². The van der Waals surface area contributed by atoms with Crippen LogP contribution >= 0.6 is 0 Å². The number of aromatic nitrogens is 4. The number of imidazole rings is 1. The summed E-state index contributed by atoms with van der Waals surface area (Å²) in [5, 5.41) is 16.8. The molecule has 25 heavy (non-hydrogen) atoms. The molecule has 0 bridgehead atoms. The van der Waals surface area contributed by atoms with Gasteiger partial charge in [-0.1, -0.05) is 6.07 Å². The van der Waals surface area contributed by atoms with Crippen LogP contribution in [0, 0.1) is 0 Å². The number of aliphatic hydroxyl groups excluding tert-OH is 1. The van der Waals surface area contributed by atoms with Crippen molar-refractivity contribution >= 4 is 11.6 Å². The molecule has 4 rings (SSSR count). The number of aliphatic hydroxyl groups is 1. The minimum Gasteiger partial charge on any atom is -0.390 e. The molecule has 3 aromatic rings. The number of H-pyrrole nitrogens is 1. The van der Waals surface area contributed by atoms with Gasteiger partial charge in [-0.3, -0.25) is 14.8 Å². The van der Waals surface area contributed by atoms with Gasteiger partial charge in [0.15, 0.2) is 0 Å². The zero-order valence-electron chi connectivity index (χ0n) is 13.7. The molecular weight excluding hydrogens is 320 g/mol. The van der Waals surface area contributed by atoms with Gasteiger partial charge < -0.3 is 14.4 Å². The zero-order valence-corrected chi connectivity index (χ0v) is 13.7. The van der Waals surface area contributed by atoms with Crippen molar-refractivity contribution in [1.29, 1.82) is 0 Å². The maximum absolute atomic E-state index is 12.5. The summed E-state index contributed by atoms with van der Waals surface area (Å²) in [6, 6.07) is 7.54. The summed E-state index contributed by atoms with van der Waals surface area (Å²) in [6.45, 7) is 2.72. The molecule has 4 heterocycles. The molecule has 0 aliphatic carbocycles. The Morgan fingerprint density at radius 3 is 3.00 bits per heavy atom. The number of fused-ring (bicyclic) bond motifs is 1. The average Bonchev–Trinajstić information content (AvgIpc) is 3.22. The number of carbonyl (C=O) groups excluding carboxylic acids is 1. The van der Waals surface area contributed by atoms with Crippen molar-refractivity contribution in [2.24, 2.45) is 0 Å². The summed E-state index contributed by atoms with van der Waals surface area (Å²) in [4.78, 5) is 20.9. The first kappa shape index (κ1) is 15.8. The second-order valence-corrected chi connectivity index (χ2v) is 6.31. The smallest absolute Gasteiger partial charge is 0.271 e. The van der Waals surface area contributed by atoms with Gasteiger partial charge in [0.1, 0.15) is 11.3 Å². The van der Waals surface area contributed by atoms with E-state index in [4.69, 9.17) is 0 Å². The largest absolute Gasteiger partial charge is 0.390 e. The molecular formula is C17H20N6O2. The highest BCUT2D eigenvalue weighted by atomic mass is 16.3. The third kappa shape index (κ3) is 3.40. The Morgan fingerprint density at radius 2 is 2.20 bits per heavy atom. The molecule has 0 spiro atoms. The van der Waals surface area contributed by atoms with Gasteiger partial charge in [-0.25, -0.2) is 4.98 Å². The van der Waals surface area contributed by atoms with E-state index in [1.165, 1.54) is 0 Å². The summed E-state index contributed by atoms with van der Waals surface area (Å²) in [7, 11) is 0. The van der Waals surface area contributed by atoms with Crippen molar-refractivity contribution in [1.82, 2.24) is 29.4 Å². The third-order valence-corrected chi connectivity index (χ3v) is 4.40. The maximum atomic E-state index is 12.5. The van der Waals surface area contributed by atoms with E-state index in [2.05, 4.69) is 20.1 Å². The van der Waals surface area contributed by atoms with E-state index in [9.17, 15) is 9.90 Å². The SMILES string of the molecule is O=C(c1ccn[nH]1)N1CCN(Cc2cn3ccccc3n2)C[C@H](O)C1. The fourth-order valence-corrected chi connectivity index (χ4v) is 3.22. The van der Waals surface area contributed by atoms with Crippen LogP contribution in [0.1, 0.15) is 16.2 Å². The van der Waals surface area contributed by atoms with E-state index in [-0.39, 0.29) is 5.91 Å². The van der Waals surface area contributed by atoms with Crippen molar-refractivity contribution in [3.05, 3.63) is 54.2 Å². The Bertz CT molecular complexity index is 826. The van der Waals surface area contributed by atoms with Crippen molar-refractivity contribution in [3.63, 3.8) is 0 Å². The van der Waals surface area contributed by atoms with Crippen LogP contribution in [-0.2, 0) is 6.54 Å². The molecule has 3 aromatic heterocycles. The highest BCUT2D eigenvalue weighted by Crippen LogP contribution is 2.12. The third-order valence-electron chi connectivity index (χ3n) is 4.40.